The third-order valence-corrected chi connectivity index (χ3v) is 3.84. The summed E-state index contributed by atoms with van der Waals surface area (Å²) in [6, 6.07) is 13.1. The fourth-order valence-corrected chi connectivity index (χ4v) is 2.42. The Labute approximate surface area is 145 Å². The highest BCUT2D eigenvalue weighted by Gasteiger charge is 2.07. The number of halogens is 1. The molecule has 0 saturated carbocycles. The summed E-state index contributed by atoms with van der Waals surface area (Å²) in [7, 11) is 0. The number of hydrogen-bond donors (Lipinski definition) is 3. The predicted octanol–water partition coefficient (Wildman–Crippen LogP) is 3.55. The zero-order valence-corrected chi connectivity index (χ0v) is 13.9. The van der Waals surface area contributed by atoms with E-state index in [1.54, 1.807) is 5.48 Å². The number of benzene rings is 2. The highest BCUT2D eigenvalue weighted by atomic mass is 35.5. The molecule has 2 aromatic rings. The van der Waals surface area contributed by atoms with Crippen LogP contribution in [0.3, 0.4) is 0 Å². The Morgan fingerprint density at radius 1 is 1.08 bits per heavy atom. The van der Waals surface area contributed by atoms with Crippen molar-refractivity contribution < 1.29 is 19.8 Å². The van der Waals surface area contributed by atoms with Crippen molar-refractivity contribution in [3.63, 3.8) is 0 Å². The first-order chi connectivity index (χ1) is 11.6. The van der Waals surface area contributed by atoms with Gasteiger partial charge in [-0.25, -0.2) is 5.48 Å². The molecule has 5 nitrogen and oxygen atoms in total. The summed E-state index contributed by atoms with van der Waals surface area (Å²) in [4.78, 5) is 10.9. The van der Waals surface area contributed by atoms with Crippen LogP contribution in [0.25, 0.3) is 11.1 Å². The fourth-order valence-electron chi connectivity index (χ4n) is 2.29. The van der Waals surface area contributed by atoms with E-state index in [1.807, 2.05) is 42.5 Å². The molecule has 0 aliphatic heterocycles. The molecule has 128 valence electrons. The van der Waals surface area contributed by atoms with Crippen molar-refractivity contribution in [2.24, 2.45) is 0 Å². The minimum Gasteiger partial charge on any atom is -0.493 e. The van der Waals surface area contributed by atoms with Gasteiger partial charge in [-0.3, -0.25) is 10.0 Å². The van der Waals surface area contributed by atoms with Crippen LogP contribution in [0.4, 0.5) is 0 Å². The Morgan fingerprint density at radius 3 is 2.46 bits per heavy atom. The molecule has 0 fully saturated rings. The number of aliphatic hydroxyl groups excluding tert-OH is 1. The van der Waals surface area contributed by atoms with Crippen molar-refractivity contribution in [2.75, 3.05) is 6.61 Å². The van der Waals surface area contributed by atoms with E-state index in [9.17, 15) is 9.90 Å². The number of ether oxygens (including phenoxy) is 1. The van der Waals surface area contributed by atoms with E-state index in [4.69, 9.17) is 21.5 Å². The Morgan fingerprint density at radius 2 is 1.79 bits per heavy atom. The Balaban J connectivity index is 1.96. The lowest BCUT2D eigenvalue weighted by atomic mass is 10.0. The van der Waals surface area contributed by atoms with Crippen molar-refractivity contribution in [3.05, 3.63) is 53.1 Å². The van der Waals surface area contributed by atoms with E-state index in [2.05, 4.69) is 0 Å². The summed E-state index contributed by atoms with van der Waals surface area (Å²) in [6.07, 6.45) is 1.54. The average molecular weight is 350 g/mol. The van der Waals surface area contributed by atoms with Crippen LogP contribution in [0.5, 0.6) is 5.75 Å². The van der Waals surface area contributed by atoms with Gasteiger partial charge >= 0.3 is 0 Å². The number of carbonyl (C=O) groups excluding carboxylic acids is 1. The van der Waals surface area contributed by atoms with Gasteiger partial charge in [0.1, 0.15) is 5.75 Å². The zero-order chi connectivity index (χ0) is 17.4. The summed E-state index contributed by atoms with van der Waals surface area (Å²) in [5.74, 6) is 0.222. The van der Waals surface area contributed by atoms with E-state index in [0.717, 1.165) is 11.1 Å². The number of carbonyl (C=O) groups is 1. The van der Waals surface area contributed by atoms with Crippen molar-refractivity contribution >= 4 is 17.5 Å². The first-order valence-corrected chi connectivity index (χ1v) is 8.07. The van der Waals surface area contributed by atoms with Gasteiger partial charge in [0, 0.05) is 17.0 Å². The molecule has 0 aliphatic carbocycles. The lowest BCUT2D eigenvalue weighted by molar-refractivity contribution is -0.129. The molecule has 0 atom stereocenters. The Kier molecular flexibility index (Phi) is 7.06. The molecule has 0 heterocycles. The van der Waals surface area contributed by atoms with Crippen LogP contribution in [-0.2, 0) is 11.4 Å². The minimum atomic E-state index is -0.404. The van der Waals surface area contributed by atoms with Crippen LogP contribution < -0.4 is 10.2 Å². The number of nitrogens with one attached hydrogen (secondary N) is 1. The van der Waals surface area contributed by atoms with Gasteiger partial charge in [-0.2, -0.15) is 0 Å². The molecule has 2 rings (SSSR count). The molecule has 24 heavy (non-hydrogen) atoms. The van der Waals surface area contributed by atoms with Crippen LogP contribution >= 0.6 is 11.6 Å². The van der Waals surface area contributed by atoms with E-state index < -0.39 is 5.91 Å². The average Bonchev–Trinajstić information content (AvgIpc) is 2.62. The van der Waals surface area contributed by atoms with E-state index >= 15 is 0 Å². The summed E-state index contributed by atoms with van der Waals surface area (Å²) < 4.78 is 5.68. The van der Waals surface area contributed by atoms with Crippen LogP contribution in [0, 0.1) is 0 Å². The quantitative estimate of drug-likeness (QED) is 0.387. The third-order valence-electron chi connectivity index (χ3n) is 3.59. The molecule has 6 heteroatoms. The largest absolute Gasteiger partial charge is 0.493 e. The molecule has 0 radical (unpaired) electrons. The number of aliphatic hydroxyl groups is 1. The van der Waals surface area contributed by atoms with Crippen LogP contribution in [0.1, 0.15) is 24.8 Å². The number of unbranched alkanes of at least 4 members (excludes halogenated alkanes) is 1. The van der Waals surface area contributed by atoms with E-state index in [-0.39, 0.29) is 13.0 Å². The summed E-state index contributed by atoms with van der Waals surface area (Å²) in [6.45, 7) is 0.315. The van der Waals surface area contributed by atoms with Gasteiger partial charge in [-0.05, 0) is 48.2 Å². The normalized spacial score (nSPS) is 10.5. The molecule has 1 amide bonds. The molecule has 0 aliphatic rings. The molecular weight excluding hydrogens is 330 g/mol. The molecule has 0 saturated heterocycles. The zero-order valence-electron chi connectivity index (χ0n) is 13.2. The van der Waals surface area contributed by atoms with Crippen LogP contribution in [0.2, 0.25) is 5.02 Å². The second-order valence-electron chi connectivity index (χ2n) is 5.33. The second kappa shape index (κ2) is 9.27. The fraction of sp³-hybridized carbons (Fsp3) is 0.278. The smallest absolute Gasteiger partial charge is 0.243 e. The lowest BCUT2D eigenvalue weighted by Crippen LogP contribution is -2.18. The van der Waals surface area contributed by atoms with Crippen molar-refractivity contribution in [1.29, 1.82) is 0 Å². The van der Waals surface area contributed by atoms with Gasteiger partial charge in [0.05, 0.1) is 13.2 Å². The lowest BCUT2D eigenvalue weighted by Gasteiger charge is -2.12. The maximum Gasteiger partial charge on any atom is 0.243 e. The minimum absolute atomic E-state index is 0.121. The van der Waals surface area contributed by atoms with Gasteiger partial charge in [0.15, 0.2) is 0 Å². The van der Waals surface area contributed by atoms with Gasteiger partial charge in [0.25, 0.3) is 0 Å². The molecule has 0 unspecified atom stereocenters. The van der Waals surface area contributed by atoms with Gasteiger partial charge < -0.3 is 9.84 Å². The third kappa shape index (κ3) is 5.23. The maximum absolute atomic E-state index is 10.9. The van der Waals surface area contributed by atoms with Crippen molar-refractivity contribution in [1.82, 2.24) is 5.48 Å². The topological polar surface area (TPSA) is 78.8 Å². The first kappa shape index (κ1) is 18.3. The molecule has 0 spiro atoms. The van der Waals surface area contributed by atoms with Gasteiger partial charge in [0.2, 0.25) is 5.91 Å². The summed E-state index contributed by atoms with van der Waals surface area (Å²) in [5, 5.41) is 18.6. The number of hydrogen-bond acceptors (Lipinski definition) is 4. The second-order valence-corrected chi connectivity index (χ2v) is 5.76. The molecular formula is C18H20ClNO4. The molecule has 2 aromatic carbocycles. The SMILES string of the molecule is O=C(CCCCOc1ccc(-c2ccc(Cl)cc2)cc1CO)NO. The monoisotopic (exact) mass is 349 g/mol. The molecule has 3 N–H and O–H groups in total. The molecule has 0 aromatic heterocycles. The predicted molar refractivity (Wildman–Crippen MR) is 92.1 cm³/mol. The molecule has 0 bridgehead atoms. The number of hydroxylamine groups is 1. The van der Waals surface area contributed by atoms with E-state index in [1.165, 1.54) is 0 Å². The van der Waals surface area contributed by atoms with Crippen LogP contribution in [0.15, 0.2) is 42.5 Å². The van der Waals surface area contributed by atoms with E-state index in [0.29, 0.717) is 35.8 Å². The van der Waals surface area contributed by atoms with Gasteiger partial charge in [-0.1, -0.05) is 29.8 Å². The first-order valence-electron chi connectivity index (χ1n) is 7.69. The number of rotatable bonds is 8. The van der Waals surface area contributed by atoms with Crippen LogP contribution in [-0.4, -0.2) is 22.8 Å². The van der Waals surface area contributed by atoms with Gasteiger partial charge in [-0.15, -0.1) is 0 Å². The van der Waals surface area contributed by atoms with Crippen molar-refractivity contribution in [3.8, 4) is 16.9 Å². The number of amides is 1. The Hall–Kier alpha value is -2.08. The summed E-state index contributed by atoms with van der Waals surface area (Å²) >= 11 is 5.90. The van der Waals surface area contributed by atoms with Crippen molar-refractivity contribution in [2.45, 2.75) is 25.9 Å². The maximum atomic E-state index is 10.9. The summed E-state index contributed by atoms with van der Waals surface area (Å²) in [5.41, 5.74) is 4.28. The Bertz CT molecular complexity index is 673. The highest BCUT2D eigenvalue weighted by Crippen LogP contribution is 2.28. The highest BCUT2D eigenvalue weighted by molar-refractivity contribution is 6.30. The standard InChI is InChI=1S/C18H20ClNO4/c19-16-7-4-13(5-8-16)14-6-9-17(15(11-14)12-21)24-10-2-1-3-18(22)20-23/h4-9,11,21,23H,1-3,10,12H2,(H,20,22).